The van der Waals surface area contributed by atoms with Crippen molar-refractivity contribution >= 4 is 0 Å². The summed E-state index contributed by atoms with van der Waals surface area (Å²) in [7, 11) is 0. The van der Waals surface area contributed by atoms with Gasteiger partial charge in [0.2, 0.25) is 0 Å². The van der Waals surface area contributed by atoms with E-state index in [2.05, 4.69) is 59.9 Å². The number of H-pyrrole nitrogens is 1. The summed E-state index contributed by atoms with van der Waals surface area (Å²) in [6.45, 7) is 9.45. The van der Waals surface area contributed by atoms with Crippen molar-refractivity contribution in [2.45, 2.75) is 27.3 Å². The fourth-order valence-electron chi connectivity index (χ4n) is 2.06. The highest BCUT2D eigenvalue weighted by molar-refractivity contribution is 5.59. The monoisotopic (exact) mass is 243 g/mol. The topological polar surface area (TPSA) is 31.9 Å². The first-order valence-corrected chi connectivity index (χ1v) is 6.56. The van der Waals surface area contributed by atoms with Crippen LogP contribution in [0.3, 0.4) is 0 Å². The van der Waals surface area contributed by atoms with E-state index >= 15 is 0 Å². The zero-order chi connectivity index (χ0) is 13.0. The molecule has 0 spiro atoms. The third-order valence-corrected chi connectivity index (χ3v) is 3.23. The lowest BCUT2D eigenvalue weighted by Gasteiger charge is -2.15. The molecule has 0 radical (unpaired) electrons. The van der Waals surface area contributed by atoms with E-state index in [1.54, 1.807) is 0 Å². The molecule has 0 fully saturated rings. The molecule has 18 heavy (non-hydrogen) atoms. The normalized spacial score (nSPS) is 11.1. The Morgan fingerprint density at radius 2 is 2.00 bits per heavy atom. The highest BCUT2D eigenvalue weighted by Gasteiger charge is 2.06. The van der Waals surface area contributed by atoms with Gasteiger partial charge in [0.15, 0.2) is 0 Å². The van der Waals surface area contributed by atoms with Crippen molar-refractivity contribution in [3.05, 3.63) is 41.9 Å². The molecule has 0 aliphatic carbocycles. The van der Waals surface area contributed by atoms with E-state index in [0.717, 1.165) is 31.2 Å². The van der Waals surface area contributed by atoms with Gasteiger partial charge in [0, 0.05) is 0 Å². The molecule has 3 nitrogen and oxygen atoms in total. The van der Waals surface area contributed by atoms with Crippen LogP contribution in [0.15, 0.2) is 30.5 Å². The number of nitrogens with zero attached hydrogens (tertiary/aromatic N) is 2. The number of hydrogen-bond donors (Lipinski definition) is 1. The van der Waals surface area contributed by atoms with Gasteiger partial charge >= 0.3 is 0 Å². The molecular weight excluding hydrogens is 222 g/mol. The number of imidazole rings is 1. The van der Waals surface area contributed by atoms with Crippen molar-refractivity contribution in [2.24, 2.45) is 0 Å². The molecule has 0 amide bonds. The van der Waals surface area contributed by atoms with Gasteiger partial charge in [0.25, 0.3) is 0 Å². The van der Waals surface area contributed by atoms with Crippen LogP contribution in [0, 0.1) is 6.92 Å². The van der Waals surface area contributed by atoms with Gasteiger partial charge < -0.3 is 4.98 Å². The molecule has 1 aromatic carbocycles. The lowest BCUT2D eigenvalue weighted by atomic mass is 10.1. The van der Waals surface area contributed by atoms with Crippen LogP contribution >= 0.6 is 0 Å². The first-order chi connectivity index (χ1) is 8.72. The van der Waals surface area contributed by atoms with Gasteiger partial charge in [-0.05, 0) is 31.6 Å². The van der Waals surface area contributed by atoms with E-state index in [1.165, 1.54) is 11.1 Å². The Morgan fingerprint density at radius 1 is 1.22 bits per heavy atom. The van der Waals surface area contributed by atoms with Crippen LogP contribution in [-0.2, 0) is 6.54 Å². The molecule has 0 saturated carbocycles. The highest BCUT2D eigenvalue weighted by Crippen LogP contribution is 2.18. The number of aromatic amines is 1. The second kappa shape index (κ2) is 5.83. The Kier molecular flexibility index (Phi) is 4.15. The van der Waals surface area contributed by atoms with Gasteiger partial charge in [-0.1, -0.05) is 37.6 Å². The van der Waals surface area contributed by atoms with E-state index in [9.17, 15) is 0 Å². The second-order valence-electron chi connectivity index (χ2n) is 4.57. The molecule has 0 atom stereocenters. The van der Waals surface area contributed by atoms with Crippen LogP contribution in [-0.4, -0.2) is 28.0 Å². The summed E-state index contributed by atoms with van der Waals surface area (Å²) >= 11 is 0. The molecule has 0 unspecified atom stereocenters. The number of hydrogen-bond acceptors (Lipinski definition) is 2. The summed E-state index contributed by atoms with van der Waals surface area (Å²) in [6, 6.07) is 8.47. The van der Waals surface area contributed by atoms with E-state index in [-0.39, 0.29) is 0 Å². The maximum Gasteiger partial charge on any atom is 0.120 e. The molecule has 96 valence electrons. The van der Waals surface area contributed by atoms with Crippen molar-refractivity contribution in [1.82, 2.24) is 14.9 Å². The van der Waals surface area contributed by atoms with Crippen LogP contribution in [0.4, 0.5) is 0 Å². The van der Waals surface area contributed by atoms with Crippen molar-refractivity contribution < 1.29 is 0 Å². The first-order valence-electron chi connectivity index (χ1n) is 6.56. The largest absolute Gasteiger partial charge is 0.341 e. The number of aromatic nitrogens is 2. The maximum absolute atomic E-state index is 4.46. The summed E-state index contributed by atoms with van der Waals surface area (Å²) in [5, 5.41) is 0. The van der Waals surface area contributed by atoms with Crippen LogP contribution < -0.4 is 0 Å². The van der Waals surface area contributed by atoms with E-state index in [4.69, 9.17) is 0 Å². The number of aryl methyl sites for hydroxylation is 1. The highest BCUT2D eigenvalue weighted by atomic mass is 15.1. The first kappa shape index (κ1) is 12.8. The lowest BCUT2D eigenvalue weighted by molar-refractivity contribution is 0.289. The van der Waals surface area contributed by atoms with Crippen molar-refractivity contribution in [2.75, 3.05) is 13.1 Å². The van der Waals surface area contributed by atoms with E-state index in [0.29, 0.717) is 0 Å². The third-order valence-electron chi connectivity index (χ3n) is 3.23. The molecule has 3 heteroatoms. The summed E-state index contributed by atoms with van der Waals surface area (Å²) in [4.78, 5) is 10.2. The van der Waals surface area contributed by atoms with Crippen molar-refractivity contribution in [3.8, 4) is 11.3 Å². The quantitative estimate of drug-likeness (QED) is 0.874. The van der Waals surface area contributed by atoms with Crippen molar-refractivity contribution in [1.29, 1.82) is 0 Å². The average Bonchev–Trinajstić information content (AvgIpc) is 2.84. The Balaban J connectivity index is 2.15. The van der Waals surface area contributed by atoms with Crippen LogP contribution in [0.25, 0.3) is 11.3 Å². The second-order valence-corrected chi connectivity index (χ2v) is 4.57. The summed E-state index contributed by atoms with van der Waals surface area (Å²) in [5.74, 6) is 1.04. The lowest BCUT2D eigenvalue weighted by Crippen LogP contribution is -2.22. The zero-order valence-corrected chi connectivity index (χ0v) is 11.4. The molecule has 0 aliphatic rings. The Morgan fingerprint density at radius 3 is 2.67 bits per heavy atom. The van der Waals surface area contributed by atoms with Crippen molar-refractivity contribution in [3.63, 3.8) is 0 Å². The minimum Gasteiger partial charge on any atom is -0.341 e. The van der Waals surface area contributed by atoms with Gasteiger partial charge in [0.05, 0.1) is 18.4 Å². The van der Waals surface area contributed by atoms with E-state index in [1.807, 2.05) is 6.20 Å². The van der Waals surface area contributed by atoms with Crippen LogP contribution in [0.5, 0.6) is 0 Å². The molecular formula is C15H21N3. The Hall–Kier alpha value is -1.61. The number of benzene rings is 1. The predicted octanol–water partition coefficient (Wildman–Crippen LogP) is 3.23. The molecule has 1 heterocycles. The number of rotatable bonds is 5. The standard InChI is InChI=1S/C15H21N3/c1-4-18(5-2)11-15-16-10-14(17-15)13-8-6-7-12(3)9-13/h6-10H,4-5,11H2,1-3H3,(H,16,17). The van der Waals surface area contributed by atoms with Gasteiger partial charge in [-0.2, -0.15) is 0 Å². The Bertz CT molecular complexity index is 498. The average molecular weight is 243 g/mol. The fourth-order valence-corrected chi connectivity index (χ4v) is 2.06. The van der Waals surface area contributed by atoms with Gasteiger partial charge in [-0.25, -0.2) is 4.98 Å². The minimum atomic E-state index is 0.888. The van der Waals surface area contributed by atoms with Gasteiger partial charge in [-0.15, -0.1) is 0 Å². The predicted molar refractivity (Wildman–Crippen MR) is 75.4 cm³/mol. The number of nitrogens with one attached hydrogen (secondary N) is 1. The minimum absolute atomic E-state index is 0.888. The van der Waals surface area contributed by atoms with E-state index < -0.39 is 0 Å². The Labute approximate surface area is 109 Å². The molecule has 0 bridgehead atoms. The SMILES string of the molecule is CCN(CC)Cc1ncc(-c2cccc(C)c2)[nH]1. The molecule has 1 N–H and O–H groups in total. The zero-order valence-electron chi connectivity index (χ0n) is 11.4. The van der Waals surface area contributed by atoms with Crippen LogP contribution in [0.1, 0.15) is 25.2 Å². The smallest absolute Gasteiger partial charge is 0.120 e. The summed E-state index contributed by atoms with van der Waals surface area (Å²) in [5.41, 5.74) is 3.57. The molecule has 2 aromatic rings. The third kappa shape index (κ3) is 2.99. The molecule has 1 aromatic heterocycles. The van der Waals surface area contributed by atoms with Gasteiger partial charge in [0.1, 0.15) is 5.82 Å². The van der Waals surface area contributed by atoms with Crippen LogP contribution in [0.2, 0.25) is 0 Å². The molecule has 0 saturated heterocycles. The summed E-state index contributed by atoms with van der Waals surface area (Å²) in [6.07, 6.45) is 1.92. The molecule has 0 aliphatic heterocycles. The fraction of sp³-hybridized carbons (Fsp3) is 0.400. The summed E-state index contributed by atoms with van der Waals surface area (Å²) < 4.78 is 0. The maximum atomic E-state index is 4.46. The molecule has 2 rings (SSSR count). The van der Waals surface area contributed by atoms with Gasteiger partial charge in [-0.3, -0.25) is 4.90 Å².